The van der Waals surface area contributed by atoms with Gasteiger partial charge in [-0.3, -0.25) is 9.48 Å². The van der Waals surface area contributed by atoms with Gasteiger partial charge in [-0.1, -0.05) is 0 Å². The van der Waals surface area contributed by atoms with Crippen molar-refractivity contribution < 1.29 is 18.3 Å². The summed E-state index contributed by atoms with van der Waals surface area (Å²) in [5, 5.41) is 12.9. The van der Waals surface area contributed by atoms with Crippen LogP contribution in [0.15, 0.2) is 4.90 Å². The molecule has 1 aromatic rings. The number of aryl methyl sites for hydroxylation is 2. The molecule has 1 aliphatic heterocycles. The molecule has 0 aromatic carbocycles. The minimum absolute atomic E-state index is 0.0109. The molecule has 0 bridgehead atoms. The van der Waals surface area contributed by atoms with Crippen molar-refractivity contribution in [1.82, 2.24) is 14.1 Å². The maximum absolute atomic E-state index is 12.6. The molecule has 7 nitrogen and oxygen atoms in total. The second kappa shape index (κ2) is 5.17. The van der Waals surface area contributed by atoms with Crippen LogP contribution in [0, 0.1) is 19.8 Å². The van der Waals surface area contributed by atoms with Crippen molar-refractivity contribution in [2.45, 2.75) is 31.6 Å². The molecule has 0 aliphatic carbocycles. The summed E-state index contributed by atoms with van der Waals surface area (Å²) in [6, 6.07) is 0. The highest BCUT2D eigenvalue weighted by atomic mass is 32.2. The van der Waals surface area contributed by atoms with Crippen LogP contribution in [0.3, 0.4) is 0 Å². The van der Waals surface area contributed by atoms with E-state index < -0.39 is 16.0 Å². The van der Waals surface area contributed by atoms with Gasteiger partial charge in [-0.15, -0.1) is 0 Å². The SMILES string of the molecule is Cc1nn(C)c(C)c1S(=O)(=O)N1CCC(CC(=O)O)C1. The van der Waals surface area contributed by atoms with Crippen LogP contribution in [0.1, 0.15) is 24.2 Å². The molecule has 1 aromatic heterocycles. The van der Waals surface area contributed by atoms with Gasteiger partial charge in [0.1, 0.15) is 4.90 Å². The van der Waals surface area contributed by atoms with Crippen LogP contribution >= 0.6 is 0 Å². The Morgan fingerprint density at radius 3 is 2.60 bits per heavy atom. The predicted octanol–water partition coefficient (Wildman–Crippen LogP) is 0.522. The van der Waals surface area contributed by atoms with E-state index in [4.69, 9.17) is 5.11 Å². The first-order chi connectivity index (χ1) is 9.23. The molecular weight excluding hydrogens is 282 g/mol. The topological polar surface area (TPSA) is 92.5 Å². The fraction of sp³-hybridized carbons (Fsp3) is 0.667. The summed E-state index contributed by atoms with van der Waals surface area (Å²) in [6.45, 7) is 4.03. The van der Waals surface area contributed by atoms with Gasteiger partial charge >= 0.3 is 5.97 Å². The molecule has 0 radical (unpaired) electrons. The smallest absolute Gasteiger partial charge is 0.303 e. The average molecular weight is 301 g/mol. The Labute approximate surface area is 118 Å². The van der Waals surface area contributed by atoms with E-state index in [0.29, 0.717) is 24.4 Å². The van der Waals surface area contributed by atoms with Gasteiger partial charge in [-0.25, -0.2) is 8.42 Å². The number of aliphatic carboxylic acids is 1. The van der Waals surface area contributed by atoms with Crippen molar-refractivity contribution in [3.63, 3.8) is 0 Å². The number of rotatable bonds is 4. The molecule has 1 unspecified atom stereocenters. The maximum atomic E-state index is 12.6. The summed E-state index contributed by atoms with van der Waals surface area (Å²) >= 11 is 0. The van der Waals surface area contributed by atoms with Crippen LogP contribution in [-0.4, -0.2) is 46.7 Å². The van der Waals surface area contributed by atoms with Crippen LogP contribution in [0.4, 0.5) is 0 Å². The molecular formula is C12H19N3O4S. The largest absolute Gasteiger partial charge is 0.481 e. The molecule has 1 N–H and O–H groups in total. The first kappa shape index (κ1) is 15.0. The van der Waals surface area contributed by atoms with Crippen molar-refractivity contribution >= 4 is 16.0 Å². The maximum Gasteiger partial charge on any atom is 0.303 e. The molecule has 0 saturated carbocycles. The highest BCUT2D eigenvalue weighted by molar-refractivity contribution is 7.89. The lowest BCUT2D eigenvalue weighted by Crippen LogP contribution is -2.30. The van der Waals surface area contributed by atoms with E-state index in [1.807, 2.05) is 0 Å². The molecule has 1 fully saturated rings. The Morgan fingerprint density at radius 2 is 2.10 bits per heavy atom. The number of carboxylic acids is 1. The Hall–Kier alpha value is -1.41. The van der Waals surface area contributed by atoms with Crippen LogP contribution in [-0.2, 0) is 21.9 Å². The molecule has 0 amide bonds. The second-order valence-electron chi connectivity index (χ2n) is 5.24. The lowest BCUT2D eigenvalue weighted by molar-refractivity contribution is -0.137. The van der Waals surface area contributed by atoms with Gasteiger partial charge in [0, 0.05) is 26.6 Å². The minimum atomic E-state index is -3.59. The van der Waals surface area contributed by atoms with E-state index in [1.165, 1.54) is 4.31 Å². The third-order valence-corrected chi connectivity index (χ3v) is 5.87. The predicted molar refractivity (Wildman–Crippen MR) is 71.8 cm³/mol. The molecule has 8 heteroatoms. The van der Waals surface area contributed by atoms with Crippen molar-refractivity contribution in [2.24, 2.45) is 13.0 Å². The lowest BCUT2D eigenvalue weighted by atomic mass is 10.1. The monoisotopic (exact) mass is 301 g/mol. The van der Waals surface area contributed by atoms with E-state index in [0.717, 1.165) is 0 Å². The fourth-order valence-corrected chi connectivity index (χ4v) is 4.62. The third-order valence-electron chi connectivity index (χ3n) is 3.75. The van der Waals surface area contributed by atoms with Gasteiger partial charge in [0.25, 0.3) is 0 Å². The number of carboxylic acid groups (broad SMARTS) is 1. The molecule has 2 rings (SSSR count). The van der Waals surface area contributed by atoms with Gasteiger partial charge in [0.2, 0.25) is 10.0 Å². The highest BCUT2D eigenvalue weighted by Crippen LogP contribution is 2.29. The summed E-state index contributed by atoms with van der Waals surface area (Å²) in [5.41, 5.74) is 1.08. The zero-order chi connectivity index (χ0) is 15.1. The minimum Gasteiger partial charge on any atom is -0.481 e. The number of sulfonamides is 1. The Morgan fingerprint density at radius 1 is 1.45 bits per heavy atom. The Balaban J connectivity index is 2.26. The van der Waals surface area contributed by atoms with E-state index in [1.54, 1.807) is 25.6 Å². The van der Waals surface area contributed by atoms with Gasteiger partial charge < -0.3 is 5.11 Å². The first-order valence-electron chi connectivity index (χ1n) is 6.45. The van der Waals surface area contributed by atoms with Crippen LogP contribution in [0.5, 0.6) is 0 Å². The third kappa shape index (κ3) is 2.57. The zero-order valence-electron chi connectivity index (χ0n) is 11.8. The molecule has 0 spiro atoms. The Bertz CT molecular complexity index is 635. The molecule has 112 valence electrons. The van der Waals surface area contributed by atoms with Gasteiger partial charge in [0.15, 0.2) is 0 Å². The van der Waals surface area contributed by atoms with Crippen molar-refractivity contribution in [3.8, 4) is 0 Å². The molecule has 1 atom stereocenters. The van der Waals surface area contributed by atoms with E-state index in [2.05, 4.69) is 5.10 Å². The summed E-state index contributed by atoms with van der Waals surface area (Å²) < 4.78 is 28.2. The first-order valence-corrected chi connectivity index (χ1v) is 7.89. The summed E-state index contributed by atoms with van der Waals surface area (Å²) in [4.78, 5) is 11.0. The summed E-state index contributed by atoms with van der Waals surface area (Å²) in [7, 11) is -1.88. The number of nitrogens with zero attached hydrogens (tertiary/aromatic N) is 3. The molecule has 2 heterocycles. The highest BCUT2D eigenvalue weighted by Gasteiger charge is 2.36. The van der Waals surface area contributed by atoms with Gasteiger partial charge in [0.05, 0.1) is 11.4 Å². The Kier molecular flexibility index (Phi) is 3.88. The molecule has 1 aliphatic rings. The number of hydrogen-bond acceptors (Lipinski definition) is 4. The van der Waals surface area contributed by atoms with Crippen LogP contribution in [0.2, 0.25) is 0 Å². The summed E-state index contributed by atoms with van der Waals surface area (Å²) in [6.07, 6.45) is 0.598. The van der Waals surface area contributed by atoms with Crippen molar-refractivity contribution in [3.05, 3.63) is 11.4 Å². The van der Waals surface area contributed by atoms with Crippen LogP contribution in [0.25, 0.3) is 0 Å². The standard InChI is InChI=1S/C12H19N3O4S/c1-8-12(9(2)14(3)13-8)20(18,19)15-5-4-10(7-15)6-11(16)17/h10H,4-7H2,1-3H3,(H,16,17). The van der Waals surface area contributed by atoms with Crippen molar-refractivity contribution in [1.29, 1.82) is 0 Å². The normalized spacial score (nSPS) is 20.4. The van der Waals surface area contributed by atoms with E-state index >= 15 is 0 Å². The molecule has 20 heavy (non-hydrogen) atoms. The molecule has 1 saturated heterocycles. The van der Waals surface area contributed by atoms with E-state index in [9.17, 15) is 13.2 Å². The zero-order valence-corrected chi connectivity index (χ0v) is 12.6. The van der Waals surface area contributed by atoms with Gasteiger partial charge in [-0.2, -0.15) is 9.40 Å². The van der Waals surface area contributed by atoms with E-state index in [-0.39, 0.29) is 23.8 Å². The fourth-order valence-electron chi connectivity index (χ4n) is 2.69. The lowest BCUT2D eigenvalue weighted by Gasteiger charge is -2.16. The van der Waals surface area contributed by atoms with Gasteiger partial charge in [-0.05, 0) is 26.2 Å². The van der Waals surface area contributed by atoms with Crippen LogP contribution < -0.4 is 0 Å². The number of carbonyl (C=O) groups is 1. The number of hydrogen-bond donors (Lipinski definition) is 1. The average Bonchev–Trinajstić information content (AvgIpc) is 2.85. The van der Waals surface area contributed by atoms with Crippen molar-refractivity contribution in [2.75, 3.05) is 13.1 Å². The quantitative estimate of drug-likeness (QED) is 0.875. The number of aromatic nitrogens is 2. The summed E-state index contributed by atoms with van der Waals surface area (Å²) in [5.74, 6) is -0.998. The second-order valence-corrected chi connectivity index (χ2v) is 7.11.